The van der Waals surface area contributed by atoms with Crippen LogP contribution in [-0.2, 0) is 4.79 Å². The third-order valence-electron chi connectivity index (χ3n) is 3.15. The smallest absolute Gasteiger partial charge is 0.227 e. The van der Waals surface area contributed by atoms with Crippen LogP contribution in [0.4, 0.5) is 5.69 Å². The highest BCUT2D eigenvalue weighted by Crippen LogP contribution is 2.27. The molecule has 1 aliphatic rings. The van der Waals surface area contributed by atoms with Crippen molar-refractivity contribution in [3.63, 3.8) is 0 Å². The lowest BCUT2D eigenvalue weighted by molar-refractivity contribution is -0.120. The van der Waals surface area contributed by atoms with Crippen LogP contribution >= 0.6 is 11.8 Å². The van der Waals surface area contributed by atoms with E-state index in [4.69, 9.17) is 0 Å². The second-order valence-corrected chi connectivity index (χ2v) is 5.75. The molecule has 4 heteroatoms. The van der Waals surface area contributed by atoms with E-state index in [1.165, 1.54) is 0 Å². The molecule has 0 unspecified atom stereocenters. The Morgan fingerprint density at radius 2 is 2.11 bits per heavy atom. The molecule has 1 amide bonds. The van der Waals surface area contributed by atoms with E-state index in [0.717, 1.165) is 42.3 Å². The van der Waals surface area contributed by atoms with Gasteiger partial charge in [0.15, 0.2) is 0 Å². The summed E-state index contributed by atoms with van der Waals surface area (Å²) in [6.07, 6.45) is 1.88. The number of benzene rings is 1. The maximum Gasteiger partial charge on any atom is 0.227 e. The van der Waals surface area contributed by atoms with E-state index in [1.54, 1.807) is 11.8 Å². The normalized spacial score (nSPS) is 16.5. The third-order valence-corrected chi connectivity index (χ3v) is 4.11. The third kappa shape index (κ3) is 3.50. The van der Waals surface area contributed by atoms with Crippen molar-refractivity contribution in [2.75, 3.05) is 24.2 Å². The molecule has 98 valence electrons. The van der Waals surface area contributed by atoms with Crippen LogP contribution in [0.3, 0.4) is 0 Å². The highest BCUT2D eigenvalue weighted by atomic mass is 32.2. The van der Waals surface area contributed by atoms with Crippen LogP contribution < -0.4 is 10.6 Å². The van der Waals surface area contributed by atoms with Crippen LogP contribution in [0.1, 0.15) is 19.8 Å². The van der Waals surface area contributed by atoms with Gasteiger partial charge in [0.1, 0.15) is 0 Å². The lowest BCUT2D eigenvalue weighted by Gasteiger charge is -2.22. The van der Waals surface area contributed by atoms with Gasteiger partial charge in [-0.3, -0.25) is 4.79 Å². The number of thioether (sulfide) groups is 1. The number of piperidine rings is 1. The van der Waals surface area contributed by atoms with Gasteiger partial charge in [-0.1, -0.05) is 19.1 Å². The molecule has 2 N–H and O–H groups in total. The van der Waals surface area contributed by atoms with Gasteiger partial charge < -0.3 is 10.6 Å². The predicted molar refractivity (Wildman–Crippen MR) is 77.1 cm³/mol. The summed E-state index contributed by atoms with van der Waals surface area (Å²) < 4.78 is 0. The maximum atomic E-state index is 12.2. The molecule has 1 aromatic rings. The van der Waals surface area contributed by atoms with Crippen molar-refractivity contribution < 1.29 is 4.79 Å². The fourth-order valence-corrected chi connectivity index (χ4v) is 2.93. The van der Waals surface area contributed by atoms with Crippen molar-refractivity contribution in [3.8, 4) is 0 Å². The lowest BCUT2D eigenvalue weighted by Crippen LogP contribution is -2.34. The summed E-state index contributed by atoms with van der Waals surface area (Å²) in [6, 6.07) is 8.03. The number of hydrogen-bond donors (Lipinski definition) is 2. The topological polar surface area (TPSA) is 41.1 Å². The van der Waals surface area contributed by atoms with Crippen molar-refractivity contribution >= 4 is 23.4 Å². The van der Waals surface area contributed by atoms with Gasteiger partial charge in [0, 0.05) is 10.8 Å². The van der Waals surface area contributed by atoms with Crippen molar-refractivity contribution in [2.45, 2.75) is 24.7 Å². The van der Waals surface area contributed by atoms with E-state index in [-0.39, 0.29) is 11.8 Å². The molecule has 1 heterocycles. The van der Waals surface area contributed by atoms with E-state index in [9.17, 15) is 4.79 Å². The van der Waals surface area contributed by atoms with Gasteiger partial charge in [-0.2, -0.15) is 0 Å². The Balaban J connectivity index is 2.01. The van der Waals surface area contributed by atoms with Crippen LogP contribution in [0.25, 0.3) is 0 Å². The first-order valence-corrected chi connectivity index (χ1v) is 7.53. The molecule has 0 bridgehead atoms. The van der Waals surface area contributed by atoms with Gasteiger partial charge in [-0.25, -0.2) is 0 Å². The Morgan fingerprint density at radius 3 is 2.83 bits per heavy atom. The molecule has 2 rings (SSSR count). The number of amides is 1. The van der Waals surface area contributed by atoms with E-state index >= 15 is 0 Å². The zero-order valence-electron chi connectivity index (χ0n) is 10.7. The zero-order chi connectivity index (χ0) is 12.8. The fraction of sp³-hybridized carbons (Fsp3) is 0.500. The fourth-order valence-electron chi connectivity index (χ4n) is 2.17. The second-order valence-electron chi connectivity index (χ2n) is 4.44. The zero-order valence-corrected chi connectivity index (χ0v) is 11.6. The number of rotatable bonds is 4. The van der Waals surface area contributed by atoms with Crippen LogP contribution in [0, 0.1) is 5.92 Å². The highest BCUT2D eigenvalue weighted by molar-refractivity contribution is 7.99. The second kappa shape index (κ2) is 6.81. The Bertz CT molecular complexity index is 403. The van der Waals surface area contributed by atoms with Crippen LogP contribution in [-0.4, -0.2) is 24.7 Å². The van der Waals surface area contributed by atoms with Crippen LogP contribution in [0.2, 0.25) is 0 Å². The van der Waals surface area contributed by atoms with Crippen molar-refractivity contribution in [1.82, 2.24) is 5.32 Å². The van der Waals surface area contributed by atoms with Gasteiger partial charge in [-0.05, 0) is 43.8 Å². The molecule has 1 aromatic carbocycles. The van der Waals surface area contributed by atoms with E-state index in [1.807, 2.05) is 18.2 Å². The quantitative estimate of drug-likeness (QED) is 0.822. The molecular weight excluding hydrogens is 244 g/mol. The summed E-state index contributed by atoms with van der Waals surface area (Å²) in [7, 11) is 0. The molecule has 18 heavy (non-hydrogen) atoms. The Kier molecular flexibility index (Phi) is 5.08. The molecule has 3 nitrogen and oxygen atoms in total. The number of hydrogen-bond acceptors (Lipinski definition) is 3. The molecule has 0 atom stereocenters. The minimum absolute atomic E-state index is 0.158. The number of nitrogens with one attached hydrogen (secondary N) is 2. The lowest BCUT2D eigenvalue weighted by atomic mass is 9.97. The number of anilines is 1. The summed E-state index contributed by atoms with van der Waals surface area (Å²) in [4.78, 5) is 13.3. The van der Waals surface area contributed by atoms with Gasteiger partial charge in [0.05, 0.1) is 5.69 Å². The standard InChI is InChI=1S/C14H20N2OS/c1-2-18-13-6-4-3-5-12(13)16-14(17)11-7-9-15-10-8-11/h3-6,11,15H,2,7-10H2,1H3,(H,16,17). The summed E-state index contributed by atoms with van der Waals surface area (Å²) in [6.45, 7) is 4.02. The number of carbonyl (C=O) groups excluding carboxylic acids is 1. The maximum absolute atomic E-state index is 12.2. The van der Waals surface area contributed by atoms with E-state index in [0.29, 0.717) is 0 Å². The molecule has 0 saturated carbocycles. The minimum Gasteiger partial charge on any atom is -0.325 e. The Hall–Kier alpha value is -1.00. The highest BCUT2D eigenvalue weighted by Gasteiger charge is 2.21. The number of carbonyl (C=O) groups is 1. The Labute approximate surface area is 113 Å². The van der Waals surface area contributed by atoms with Crippen molar-refractivity contribution in [3.05, 3.63) is 24.3 Å². The monoisotopic (exact) mass is 264 g/mol. The molecule has 1 aliphatic heterocycles. The predicted octanol–water partition coefficient (Wildman–Crippen LogP) is 2.74. The number of para-hydroxylation sites is 1. The molecular formula is C14H20N2OS. The largest absolute Gasteiger partial charge is 0.325 e. The summed E-state index contributed by atoms with van der Waals surface area (Å²) in [5, 5.41) is 6.36. The molecule has 0 aliphatic carbocycles. The average molecular weight is 264 g/mol. The van der Waals surface area contributed by atoms with Crippen LogP contribution in [0.15, 0.2) is 29.2 Å². The molecule has 0 spiro atoms. The first-order valence-electron chi connectivity index (χ1n) is 6.54. The molecule has 0 radical (unpaired) electrons. The first-order chi connectivity index (χ1) is 8.81. The summed E-state index contributed by atoms with van der Waals surface area (Å²) in [5.41, 5.74) is 0.952. The summed E-state index contributed by atoms with van der Waals surface area (Å²) in [5.74, 6) is 1.34. The minimum atomic E-state index is 0.158. The molecule has 1 saturated heterocycles. The summed E-state index contributed by atoms with van der Waals surface area (Å²) >= 11 is 1.76. The van der Waals surface area contributed by atoms with Gasteiger partial charge in [0.2, 0.25) is 5.91 Å². The van der Waals surface area contributed by atoms with E-state index < -0.39 is 0 Å². The van der Waals surface area contributed by atoms with Crippen molar-refractivity contribution in [1.29, 1.82) is 0 Å². The van der Waals surface area contributed by atoms with E-state index in [2.05, 4.69) is 23.6 Å². The van der Waals surface area contributed by atoms with Gasteiger partial charge in [-0.15, -0.1) is 11.8 Å². The van der Waals surface area contributed by atoms with Gasteiger partial charge in [0.25, 0.3) is 0 Å². The van der Waals surface area contributed by atoms with Crippen molar-refractivity contribution in [2.24, 2.45) is 5.92 Å². The Morgan fingerprint density at radius 1 is 1.39 bits per heavy atom. The molecule has 0 aromatic heterocycles. The molecule has 1 fully saturated rings. The first kappa shape index (κ1) is 13.4. The SMILES string of the molecule is CCSc1ccccc1NC(=O)C1CCNCC1. The average Bonchev–Trinajstić information content (AvgIpc) is 2.42. The van der Waals surface area contributed by atoms with Gasteiger partial charge >= 0.3 is 0 Å². The van der Waals surface area contributed by atoms with Crippen LogP contribution in [0.5, 0.6) is 0 Å².